The molecule has 1 unspecified atom stereocenters. The molecule has 1 N–H and O–H groups in total. The molecule has 1 heterocycles. The fraction of sp³-hybridized carbons (Fsp3) is 0.458. The van der Waals surface area contributed by atoms with E-state index in [1.807, 2.05) is 0 Å². The minimum Gasteiger partial charge on any atom is -0.325 e. The first-order valence-electron chi connectivity index (χ1n) is 10.1. The highest BCUT2D eigenvalue weighted by atomic mass is 16.1. The topological polar surface area (TPSA) is 32.3 Å². The Kier molecular flexibility index (Phi) is 6.33. The molecule has 27 heavy (non-hydrogen) atoms. The average molecular weight is 365 g/mol. The van der Waals surface area contributed by atoms with Crippen LogP contribution in [0.4, 0.5) is 5.69 Å². The van der Waals surface area contributed by atoms with Gasteiger partial charge < -0.3 is 5.32 Å². The molecule has 0 bridgehead atoms. The van der Waals surface area contributed by atoms with Crippen molar-refractivity contribution in [2.75, 3.05) is 18.4 Å². The van der Waals surface area contributed by atoms with Crippen LogP contribution in [0.25, 0.3) is 0 Å². The SMILES string of the molecule is Cc1cccc(CN2CCCC(C(=O)Nc3c(C)cccc3C(C)C)C2)c1. The molecule has 1 amide bonds. The van der Waals surface area contributed by atoms with Crippen molar-refractivity contribution in [1.29, 1.82) is 0 Å². The minimum absolute atomic E-state index is 0.0585. The summed E-state index contributed by atoms with van der Waals surface area (Å²) in [5, 5.41) is 3.26. The molecule has 144 valence electrons. The van der Waals surface area contributed by atoms with Gasteiger partial charge in [0.15, 0.2) is 0 Å². The number of para-hydroxylation sites is 1. The summed E-state index contributed by atoms with van der Waals surface area (Å²) in [4.78, 5) is 15.4. The molecule has 0 aliphatic carbocycles. The third-order valence-corrected chi connectivity index (χ3v) is 5.54. The van der Waals surface area contributed by atoms with Gasteiger partial charge in [0.1, 0.15) is 0 Å². The van der Waals surface area contributed by atoms with Gasteiger partial charge >= 0.3 is 0 Å². The highest BCUT2D eigenvalue weighted by Gasteiger charge is 2.26. The van der Waals surface area contributed by atoms with E-state index < -0.39 is 0 Å². The van der Waals surface area contributed by atoms with Crippen molar-refractivity contribution in [2.24, 2.45) is 5.92 Å². The summed E-state index contributed by atoms with van der Waals surface area (Å²) in [6, 6.07) is 14.9. The number of hydrogen-bond acceptors (Lipinski definition) is 2. The van der Waals surface area contributed by atoms with Crippen LogP contribution in [0.15, 0.2) is 42.5 Å². The Labute approximate surface area is 163 Å². The predicted molar refractivity (Wildman–Crippen MR) is 113 cm³/mol. The Morgan fingerprint density at radius 2 is 1.96 bits per heavy atom. The highest BCUT2D eigenvalue weighted by molar-refractivity contribution is 5.94. The Morgan fingerprint density at radius 3 is 2.70 bits per heavy atom. The molecule has 0 radical (unpaired) electrons. The number of amides is 1. The Balaban J connectivity index is 1.67. The van der Waals surface area contributed by atoms with Crippen LogP contribution in [0.5, 0.6) is 0 Å². The number of benzene rings is 2. The maximum atomic E-state index is 13.0. The molecule has 1 aliphatic rings. The van der Waals surface area contributed by atoms with Crippen LogP contribution in [0, 0.1) is 19.8 Å². The van der Waals surface area contributed by atoms with Crippen molar-refractivity contribution in [3.63, 3.8) is 0 Å². The number of carbonyl (C=O) groups excluding carboxylic acids is 1. The largest absolute Gasteiger partial charge is 0.325 e. The summed E-state index contributed by atoms with van der Waals surface area (Å²) < 4.78 is 0. The number of hydrogen-bond donors (Lipinski definition) is 1. The van der Waals surface area contributed by atoms with Gasteiger partial charge in [-0.3, -0.25) is 9.69 Å². The number of anilines is 1. The van der Waals surface area contributed by atoms with Crippen molar-refractivity contribution in [1.82, 2.24) is 4.90 Å². The summed E-state index contributed by atoms with van der Waals surface area (Å²) in [6.45, 7) is 11.4. The van der Waals surface area contributed by atoms with Crippen LogP contribution < -0.4 is 5.32 Å². The van der Waals surface area contributed by atoms with Crippen LogP contribution in [-0.4, -0.2) is 23.9 Å². The second kappa shape index (κ2) is 8.71. The van der Waals surface area contributed by atoms with Crippen molar-refractivity contribution in [3.05, 3.63) is 64.7 Å². The van der Waals surface area contributed by atoms with Gasteiger partial charge in [-0.1, -0.05) is 61.9 Å². The maximum Gasteiger partial charge on any atom is 0.228 e. The Bertz CT molecular complexity index is 797. The van der Waals surface area contributed by atoms with Gasteiger partial charge in [0.2, 0.25) is 5.91 Å². The quantitative estimate of drug-likeness (QED) is 0.783. The number of nitrogens with zero attached hydrogens (tertiary/aromatic N) is 1. The molecule has 0 aromatic heterocycles. The molecule has 1 saturated heterocycles. The molecular formula is C24H32N2O. The summed E-state index contributed by atoms with van der Waals surface area (Å²) >= 11 is 0. The summed E-state index contributed by atoms with van der Waals surface area (Å²) in [7, 11) is 0. The van der Waals surface area contributed by atoms with Gasteiger partial charge in [0, 0.05) is 18.8 Å². The van der Waals surface area contributed by atoms with E-state index >= 15 is 0 Å². The van der Waals surface area contributed by atoms with E-state index in [1.54, 1.807) is 0 Å². The normalized spacial score (nSPS) is 17.9. The molecule has 2 aromatic rings. The molecule has 2 aromatic carbocycles. The lowest BCUT2D eigenvalue weighted by Crippen LogP contribution is -2.40. The number of likely N-dealkylation sites (tertiary alicyclic amines) is 1. The van der Waals surface area contributed by atoms with Crippen LogP contribution in [0.1, 0.15) is 54.9 Å². The van der Waals surface area contributed by atoms with Crippen LogP contribution in [0.3, 0.4) is 0 Å². The molecule has 1 atom stereocenters. The Morgan fingerprint density at radius 1 is 1.19 bits per heavy atom. The lowest BCUT2D eigenvalue weighted by molar-refractivity contribution is -0.121. The zero-order chi connectivity index (χ0) is 19.4. The standard InChI is InChI=1S/C24H32N2O/c1-17(2)22-12-6-9-19(4)23(22)25-24(27)21-11-7-13-26(16-21)15-20-10-5-8-18(3)14-20/h5-6,8-10,12,14,17,21H,7,11,13,15-16H2,1-4H3,(H,25,27). The first-order chi connectivity index (χ1) is 12.9. The van der Waals surface area contributed by atoms with Crippen LogP contribution in [-0.2, 0) is 11.3 Å². The number of piperidine rings is 1. The van der Waals surface area contributed by atoms with Gasteiger partial charge in [-0.05, 0) is 55.8 Å². The Hall–Kier alpha value is -2.13. The molecule has 0 saturated carbocycles. The number of nitrogens with one attached hydrogen (secondary N) is 1. The number of aryl methyl sites for hydroxylation is 2. The van der Waals surface area contributed by atoms with Crippen LogP contribution >= 0.6 is 0 Å². The van der Waals surface area contributed by atoms with Crippen molar-refractivity contribution in [2.45, 2.75) is 53.0 Å². The average Bonchev–Trinajstić information content (AvgIpc) is 2.63. The molecule has 3 nitrogen and oxygen atoms in total. The zero-order valence-corrected chi connectivity index (χ0v) is 17.1. The highest BCUT2D eigenvalue weighted by Crippen LogP contribution is 2.29. The first-order valence-corrected chi connectivity index (χ1v) is 10.1. The van der Waals surface area contributed by atoms with Gasteiger partial charge in [0.05, 0.1) is 5.92 Å². The van der Waals surface area contributed by atoms with Gasteiger partial charge in [-0.25, -0.2) is 0 Å². The first kappa shape index (κ1) is 19.6. The van der Waals surface area contributed by atoms with E-state index in [-0.39, 0.29) is 11.8 Å². The van der Waals surface area contributed by atoms with E-state index in [0.29, 0.717) is 5.92 Å². The fourth-order valence-electron chi connectivity index (χ4n) is 4.05. The summed E-state index contributed by atoms with van der Waals surface area (Å²) in [5.74, 6) is 0.618. The van der Waals surface area contributed by atoms with E-state index in [9.17, 15) is 4.79 Å². The third kappa shape index (κ3) is 4.98. The van der Waals surface area contributed by atoms with Crippen molar-refractivity contribution < 1.29 is 4.79 Å². The summed E-state index contributed by atoms with van der Waals surface area (Å²) in [6.07, 6.45) is 2.05. The predicted octanol–water partition coefficient (Wildman–Crippen LogP) is 5.28. The second-order valence-corrected chi connectivity index (χ2v) is 8.25. The molecular weight excluding hydrogens is 332 g/mol. The van der Waals surface area contributed by atoms with E-state index in [0.717, 1.165) is 43.7 Å². The lowest BCUT2D eigenvalue weighted by Gasteiger charge is -2.32. The third-order valence-electron chi connectivity index (χ3n) is 5.54. The van der Waals surface area contributed by atoms with E-state index in [1.165, 1.54) is 16.7 Å². The monoisotopic (exact) mass is 364 g/mol. The maximum absolute atomic E-state index is 13.0. The fourth-order valence-corrected chi connectivity index (χ4v) is 4.05. The van der Waals surface area contributed by atoms with E-state index in [2.05, 4.69) is 80.4 Å². The molecule has 1 fully saturated rings. The van der Waals surface area contributed by atoms with Crippen molar-refractivity contribution in [3.8, 4) is 0 Å². The number of rotatable bonds is 5. The minimum atomic E-state index is 0.0585. The smallest absolute Gasteiger partial charge is 0.228 e. The van der Waals surface area contributed by atoms with E-state index in [4.69, 9.17) is 0 Å². The van der Waals surface area contributed by atoms with Gasteiger partial charge in [0.25, 0.3) is 0 Å². The van der Waals surface area contributed by atoms with Gasteiger partial charge in [-0.15, -0.1) is 0 Å². The molecule has 3 heteroatoms. The lowest BCUT2D eigenvalue weighted by atomic mass is 9.94. The molecule has 1 aliphatic heterocycles. The molecule has 3 rings (SSSR count). The number of carbonyl (C=O) groups is 1. The van der Waals surface area contributed by atoms with Crippen molar-refractivity contribution >= 4 is 11.6 Å². The van der Waals surface area contributed by atoms with Gasteiger partial charge in [-0.2, -0.15) is 0 Å². The molecule has 0 spiro atoms. The van der Waals surface area contributed by atoms with Crippen LogP contribution in [0.2, 0.25) is 0 Å². The zero-order valence-electron chi connectivity index (χ0n) is 17.1. The second-order valence-electron chi connectivity index (χ2n) is 8.25. The summed E-state index contributed by atoms with van der Waals surface area (Å²) in [5.41, 5.74) is 5.99.